The van der Waals surface area contributed by atoms with Crippen LogP contribution in [0.2, 0.25) is 0 Å². The smallest absolute Gasteiger partial charge is 0.263 e. The first kappa shape index (κ1) is 18.0. The molecule has 0 saturated carbocycles. The van der Waals surface area contributed by atoms with E-state index in [2.05, 4.69) is 31.2 Å². The van der Waals surface area contributed by atoms with Crippen LogP contribution in [0.15, 0.2) is 36.4 Å². The van der Waals surface area contributed by atoms with Crippen molar-refractivity contribution in [3.8, 4) is 5.75 Å². The van der Waals surface area contributed by atoms with E-state index in [1.54, 1.807) is 11.3 Å². The van der Waals surface area contributed by atoms with Crippen molar-refractivity contribution in [2.24, 2.45) is 5.92 Å². The van der Waals surface area contributed by atoms with Gasteiger partial charge in [0.1, 0.15) is 5.75 Å². The Labute approximate surface area is 154 Å². The first-order valence-electron chi connectivity index (χ1n) is 9.23. The lowest BCUT2D eigenvalue weighted by Gasteiger charge is -2.31. The summed E-state index contributed by atoms with van der Waals surface area (Å²) in [5, 5.41) is 0. The number of hydrogen-bond donors (Lipinski definition) is 0. The molecule has 0 unspecified atom stereocenters. The number of hydrogen-bond acceptors (Lipinski definition) is 3. The zero-order valence-electron chi connectivity index (χ0n) is 15.2. The van der Waals surface area contributed by atoms with Gasteiger partial charge < -0.3 is 9.64 Å². The summed E-state index contributed by atoms with van der Waals surface area (Å²) in [6, 6.07) is 12.4. The van der Waals surface area contributed by atoms with Crippen molar-refractivity contribution >= 4 is 17.2 Å². The average molecular weight is 358 g/mol. The largest absolute Gasteiger partial charge is 0.494 e. The summed E-state index contributed by atoms with van der Waals surface area (Å²) < 4.78 is 5.49. The monoisotopic (exact) mass is 357 g/mol. The summed E-state index contributed by atoms with van der Waals surface area (Å²) in [6.45, 7) is 6.55. The van der Waals surface area contributed by atoms with E-state index < -0.39 is 0 Å². The molecule has 0 atom stereocenters. The number of amides is 1. The Kier molecular flexibility index (Phi) is 6.14. The van der Waals surface area contributed by atoms with Gasteiger partial charge in [0, 0.05) is 18.0 Å². The van der Waals surface area contributed by atoms with E-state index in [0.29, 0.717) is 6.61 Å². The van der Waals surface area contributed by atoms with Gasteiger partial charge in [0.2, 0.25) is 0 Å². The maximum Gasteiger partial charge on any atom is 0.263 e. The third kappa shape index (κ3) is 4.85. The van der Waals surface area contributed by atoms with Crippen LogP contribution in [0.4, 0.5) is 0 Å². The third-order valence-corrected chi connectivity index (χ3v) is 5.92. The topological polar surface area (TPSA) is 29.5 Å². The minimum absolute atomic E-state index is 0.211. The lowest BCUT2D eigenvalue weighted by atomic mass is 9.90. The Balaban J connectivity index is 1.44. The highest BCUT2D eigenvalue weighted by atomic mass is 32.1. The van der Waals surface area contributed by atoms with Crippen molar-refractivity contribution < 1.29 is 9.53 Å². The van der Waals surface area contributed by atoms with Crippen molar-refractivity contribution in [3.63, 3.8) is 0 Å². The summed E-state index contributed by atoms with van der Waals surface area (Å²) in [4.78, 5) is 16.6. The Hall–Kier alpha value is -1.81. The molecule has 1 aromatic carbocycles. The number of piperidine rings is 1. The Morgan fingerprint density at radius 1 is 1.16 bits per heavy atom. The molecule has 25 heavy (non-hydrogen) atoms. The summed E-state index contributed by atoms with van der Waals surface area (Å²) in [5.74, 6) is 1.88. The maximum absolute atomic E-state index is 12.5. The van der Waals surface area contributed by atoms with E-state index in [1.165, 1.54) is 16.9 Å². The third-order valence-electron chi connectivity index (χ3n) is 4.93. The molecule has 0 spiro atoms. The predicted octanol–water partition coefficient (Wildman–Crippen LogP) is 4.94. The van der Waals surface area contributed by atoms with Gasteiger partial charge in [-0.1, -0.05) is 12.1 Å². The molecule has 0 N–H and O–H groups in total. The Morgan fingerprint density at radius 3 is 2.48 bits per heavy atom. The molecule has 1 saturated heterocycles. The van der Waals surface area contributed by atoms with Crippen LogP contribution >= 0.6 is 11.3 Å². The summed E-state index contributed by atoms with van der Waals surface area (Å²) in [7, 11) is 0. The summed E-state index contributed by atoms with van der Waals surface area (Å²) in [5.41, 5.74) is 1.37. The lowest BCUT2D eigenvalue weighted by molar-refractivity contribution is 0.0692. The SMILES string of the molecule is CCOc1ccc(CCC2CCN(C(=O)c3ccc(C)s3)CC2)cc1. The average Bonchev–Trinajstić information content (AvgIpc) is 3.08. The minimum Gasteiger partial charge on any atom is -0.494 e. The molecule has 0 bridgehead atoms. The van der Waals surface area contributed by atoms with Gasteiger partial charge in [-0.2, -0.15) is 0 Å². The molecular weight excluding hydrogens is 330 g/mol. The van der Waals surface area contributed by atoms with Crippen LogP contribution < -0.4 is 4.74 Å². The number of benzene rings is 1. The van der Waals surface area contributed by atoms with Crippen molar-refractivity contribution in [3.05, 3.63) is 51.7 Å². The van der Waals surface area contributed by atoms with Crippen LogP contribution in [0.25, 0.3) is 0 Å². The number of thiophene rings is 1. The molecule has 2 heterocycles. The van der Waals surface area contributed by atoms with Gasteiger partial charge in [-0.25, -0.2) is 0 Å². The van der Waals surface area contributed by atoms with Gasteiger partial charge in [-0.05, 0) is 75.3 Å². The van der Waals surface area contributed by atoms with Crippen molar-refractivity contribution in [2.75, 3.05) is 19.7 Å². The quantitative estimate of drug-likeness (QED) is 0.733. The molecule has 1 aromatic heterocycles. The van der Waals surface area contributed by atoms with Gasteiger partial charge in [-0.15, -0.1) is 11.3 Å². The maximum atomic E-state index is 12.5. The zero-order chi connectivity index (χ0) is 17.6. The van der Waals surface area contributed by atoms with Crippen LogP contribution in [0.3, 0.4) is 0 Å². The van der Waals surface area contributed by atoms with Crippen LogP contribution in [-0.4, -0.2) is 30.5 Å². The second-order valence-electron chi connectivity index (χ2n) is 6.76. The molecule has 1 fully saturated rings. The number of rotatable bonds is 6. The fraction of sp³-hybridized carbons (Fsp3) is 0.476. The number of carbonyl (C=O) groups excluding carboxylic acids is 1. The number of aryl methyl sites for hydroxylation is 2. The lowest BCUT2D eigenvalue weighted by Crippen LogP contribution is -2.38. The number of carbonyl (C=O) groups is 1. The summed E-state index contributed by atoms with van der Waals surface area (Å²) >= 11 is 1.60. The predicted molar refractivity (Wildman–Crippen MR) is 104 cm³/mol. The van der Waals surface area contributed by atoms with E-state index in [4.69, 9.17) is 4.74 Å². The number of ether oxygens (including phenoxy) is 1. The molecule has 134 valence electrons. The molecule has 1 aliphatic heterocycles. The summed E-state index contributed by atoms with van der Waals surface area (Å²) in [6.07, 6.45) is 4.55. The molecule has 4 heteroatoms. The minimum atomic E-state index is 0.211. The molecule has 2 aromatic rings. The standard InChI is InChI=1S/C21H27NO2S/c1-3-24-19-9-7-17(8-10-19)5-6-18-12-14-22(15-13-18)21(23)20-11-4-16(2)25-20/h4,7-11,18H,3,5-6,12-15H2,1-2H3. The second-order valence-corrected chi connectivity index (χ2v) is 8.05. The molecule has 3 nitrogen and oxygen atoms in total. The van der Waals surface area contributed by atoms with Gasteiger partial charge in [0.15, 0.2) is 0 Å². The highest BCUT2D eigenvalue weighted by molar-refractivity contribution is 7.13. The van der Waals surface area contributed by atoms with Crippen LogP contribution in [0, 0.1) is 12.8 Å². The Morgan fingerprint density at radius 2 is 1.88 bits per heavy atom. The van der Waals surface area contributed by atoms with Crippen molar-refractivity contribution in [1.29, 1.82) is 0 Å². The van der Waals surface area contributed by atoms with E-state index in [1.807, 2.05) is 24.0 Å². The van der Waals surface area contributed by atoms with Crippen LogP contribution in [-0.2, 0) is 6.42 Å². The molecule has 0 radical (unpaired) electrons. The fourth-order valence-electron chi connectivity index (χ4n) is 3.42. The van der Waals surface area contributed by atoms with Crippen molar-refractivity contribution in [2.45, 2.75) is 39.5 Å². The second kappa shape index (κ2) is 8.52. The highest BCUT2D eigenvalue weighted by Gasteiger charge is 2.24. The first-order chi connectivity index (χ1) is 12.2. The molecule has 1 amide bonds. The normalized spacial score (nSPS) is 15.4. The fourth-order valence-corrected chi connectivity index (χ4v) is 4.26. The van der Waals surface area contributed by atoms with E-state index in [0.717, 1.165) is 48.9 Å². The van der Waals surface area contributed by atoms with Gasteiger partial charge in [0.05, 0.1) is 11.5 Å². The zero-order valence-corrected chi connectivity index (χ0v) is 16.0. The van der Waals surface area contributed by atoms with Crippen LogP contribution in [0.1, 0.15) is 46.3 Å². The molecule has 0 aliphatic carbocycles. The molecular formula is C21H27NO2S. The van der Waals surface area contributed by atoms with E-state index in [-0.39, 0.29) is 5.91 Å². The van der Waals surface area contributed by atoms with Crippen LogP contribution in [0.5, 0.6) is 5.75 Å². The Bertz CT molecular complexity index is 684. The highest BCUT2D eigenvalue weighted by Crippen LogP contribution is 2.25. The first-order valence-corrected chi connectivity index (χ1v) is 10.0. The van der Waals surface area contributed by atoms with Gasteiger partial charge in [0.25, 0.3) is 5.91 Å². The number of likely N-dealkylation sites (tertiary alicyclic amines) is 1. The molecule has 3 rings (SSSR count). The van der Waals surface area contributed by atoms with Crippen molar-refractivity contribution in [1.82, 2.24) is 4.90 Å². The van der Waals surface area contributed by atoms with Gasteiger partial charge >= 0.3 is 0 Å². The molecule has 1 aliphatic rings. The van der Waals surface area contributed by atoms with Gasteiger partial charge in [-0.3, -0.25) is 4.79 Å². The van der Waals surface area contributed by atoms with E-state index >= 15 is 0 Å². The number of nitrogens with zero attached hydrogens (tertiary/aromatic N) is 1. The van der Waals surface area contributed by atoms with E-state index in [9.17, 15) is 4.79 Å².